The number of benzene rings is 4. The minimum atomic E-state index is -0.304. The van der Waals surface area contributed by atoms with E-state index >= 15 is 0 Å². The second-order valence-electron chi connectivity index (χ2n) is 8.46. The fourth-order valence-corrected chi connectivity index (χ4v) is 4.07. The molecule has 5 rings (SSSR count). The predicted octanol–water partition coefficient (Wildman–Crippen LogP) is 8.08. The van der Waals surface area contributed by atoms with Gasteiger partial charge in [0.05, 0.1) is 13.4 Å². The smallest absolute Gasteiger partial charge is 0.248 e. The van der Waals surface area contributed by atoms with Gasteiger partial charge in [-0.3, -0.25) is 4.79 Å². The van der Waals surface area contributed by atoms with Gasteiger partial charge in [-0.05, 0) is 72.7 Å². The Morgan fingerprint density at radius 2 is 1.62 bits per heavy atom. The lowest BCUT2D eigenvalue weighted by atomic mass is 9.99. The molecule has 6 heteroatoms. The van der Waals surface area contributed by atoms with Crippen LogP contribution in [0.25, 0.3) is 27.7 Å². The average Bonchev–Trinajstić information content (AvgIpc) is 3.33. The number of carbonyl (C=O) groups is 1. The van der Waals surface area contributed by atoms with E-state index < -0.39 is 0 Å². The maximum atomic E-state index is 13.4. The van der Waals surface area contributed by atoms with Crippen LogP contribution in [0.1, 0.15) is 12.5 Å². The second kappa shape index (κ2) is 10.4. The summed E-state index contributed by atoms with van der Waals surface area (Å²) in [5, 5.41) is 3.72. The van der Waals surface area contributed by atoms with Crippen LogP contribution in [0.5, 0.6) is 17.2 Å². The Morgan fingerprint density at radius 3 is 2.32 bits per heavy atom. The Morgan fingerprint density at radius 1 is 0.919 bits per heavy atom. The van der Waals surface area contributed by atoms with E-state index in [-0.39, 0.29) is 11.7 Å². The average molecular weight is 494 g/mol. The second-order valence-corrected chi connectivity index (χ2v) is 8.46. The number of nitrogens with one attached hydrogen (secondary N) is 1. The van der Waals surface area contributed by atoms with Gasteiger partial charge >= 0.3 is 0 Å². The number of furan rings is 1. The molecule has 1 N–H and O–H groups in total. The van der Waals surface area contributed by atoms with E-state index in [0.29, 0.717) is 28.3 Å². The molecule has 0 aliphatic carbocycles. The third kappa shape index (κ3) is 5.38. The van der Waals surface area contributed by atoms with E-state index in [1.807, 2.05) is 43.3 Å². The molecule has 1 amide bonds. The van der Waals surface area contributed by atoms with Crippen molar-refractivity contribution in [3.8, 4) is 28.4 Å². The van der Waals surface area contributed by atoms with Gasteiger partial charge < -0.3 is 19.2 Å². The molecule has 0 unspecified atom stereocenters. The van der Waals surface area contributed by atoms with Crippen molar-refractivity contribution in [1.82, 2.24) is 0 Å². The minimum Gasteiger partial charge on any atom is -0.496 e. The van der Waals surface area contributed by atoms with E-state index in [4.69, 9.17) is 13.9 Å². The molecule has 0 aliphatic heterocycles. The zero-order valence-corrected chi connectivity index (χ0v) is 20.3. The van der Waals surface area contributed by atoms with Crippen molar-refractivity contribution in [2.45, 2.75) is 6.92 Å². The number of hydrogen-bond acceptors (Lipinski definition) is 4. The van der Waals surface area contributed by atoms with Gasteiger partial charge in [0.15, 0.2) is 0 Å². The first-order valence-electron chi connectivity index (χ1n) is 11.7. The Kier molecular flexibility index (Phi) is 6.72. The summed E-state index contributed by atoms with van der Waals surface area (Å²) in [6.07, 6.45) is 3.16. The van der Waals surface area contributed by atoms with Gasteiger partial charge in [-0.2, -0.15) is 0 Å². The summed E-state index contributed by atoms with van der Waals surface area (Å²) in [4.78, 5) is 12.8. The number of amides is 1. The van der Waals surface area contributed by atoms with Crippen LogP contribution in [-0.4, -0.2) is 13.0 Å². The zero-order valence-electron chi connectivity index (χ0n) is 20.3. The highest BCUT2D eigenvalue weighted by molar-refractivity contribution is 6.05. The van der Waals surface area contributed by atoms with Crippen LogP contribution in [-0.2, 0) is 4.79 Å². The number of para-hydroxylation sites is 1. The van der Waals surface area contributed by atoms with E-state index in [9.17, 15) is 9.18 Å². The monoisotopic (exact) mass is 493 g/mol. The normalized spacial score (nSPS) is 11.4. The zero-order chi connectivity index (χ0) is 25.8. The summed E-state index contributed by atoms with van der Waals surface area (Å²) in [6, 6.07) is 26.6. The van der Waals surface area contributed by atoms with Gasteiger partial charge in [-0.1, -0.05) is 30.3 Å². The topological polar surface area (TPSA) is 60.7 Å². The SMILES string of the molecule is COc1cc2occ(-c3ccc(F)cc3)c2cc1/C(C)=C/C(=O)Nc1ccc(Oc2ccccc2)cc1. The lowest BCUT2D eigenvalue weighted by molar-refractivity contribution is -0.111. The Bertz CT molecular complexity index is 1570. The number of anilines is 1. The molecule has 0 fully saturated rings. The van der Waals surface area contributed by atoms with Gasteiger partial charge in [-0.15, -0.1) is 0 Å². The Hall–Kier alpha value is -4.84. The molecule has 0 aliphatic rings. The quantitative estimate of drug-likeness (QED) is 0.233. The molecule has 4 aromatic carbocycles. The van der Waals surface area contributed by atoms with Crippen LogP contribution in [0.2, 0.25) is 0 Å². The molecule has 0 bridgehead atoms. The van der Waals surface area contributed by atoms with Crippen molar-refractivity contribution >= 4 is 28.1 Å². The van der Waals surface area contributed by atoms with Gasteiger partial charge in [0.2, 0.25) is 5.91 Å². The van der Waals surface area contributed by atoms with Crippen molar-refractivity contribution in [3.05, 3.63) is 115 Å². The van der Waals surface area contributed by atoms with Crippen LogP contribution < -0.4 is 14.8 Å². The molecular weight excluding hydrogens is 469 g/mol. The largest absolute Gasteiger partial charge is 0.496 e. The number of hydrogen-bond donors (Lipinski definition) is 1. The van der Waals surface area contributed by atoms with Crippen molar-refractivity contribution in [1.29, 1.82) is 0 Å². The predicted molar refractivity (Wildman–Crippen MR) is 143 cm³/mol. The summed E-state index contributed by atoms with van der Waals surface area (Å²) in [7, 11) is 1.57. The van der Waals surface area contributed by atoms with Crippen molar-refractivity contribution < 1.29 is 23.1 Å². The molecule has 0 radical (unpaired) electrons. The number of methoxy groups -OCH3 is 1. The van der Waals surface area contributed by atoms with Gasteiger partial charge in [0, 0.05) is 34.3 Å². The molecule has 0 atom stereocenters. The first-order valence-corrected chi connectivity index (χ1v) is 11.7. The van der Waals surface area contributed by atoms with Crippen LogP contribution in [0.15, 0.2) is 108 Å². The summed E-state index contributed by atoms with van der Waals surface area (Å²) < 4.78 is 30.5. The molecule has 1 heterocycles. The molecule has 37 heavy (non-hydrogen) atoms. The minimum absolute atomic E-state index is 0.276. The Balaban J connectivity index is 1.36. The molecule has 0 saturated carbocycles. The van der Waals surface area contributed by atoms with Crippen molar-refractivity contribution in [2.75, 3.05) is 12.4 Å². The number of rotatable bonds is 7. The lowest BCUT2D eigenvalue weighted by Crippen LogP contribution is -2.08. The van der Waals surface area contributed by atoms with Crippen LogP contribution >= 0.6 is 0 Å². The van der Waals surface area contributed by atoms with Crippen LogP contribution in [0.4, 0.5) is 10.1 Å². The van der Waals surface area contributed by atoms with Crippen LogP contribution in [0, 0.1) is 5.82 Å². The molecule has 0 spiro atoms. The third-order valence-corrected chi connectivity index (χ3v) is 5.92. The molecule has 0 saturated heterocycles. The fraction of sp³-hybridized carbons (Fsp3) is 0.0645. The van der Waals surface area contributed by atoms with E-state index in [2.05, 4.69) is 5.32 Å². The maximum absolute atomic E-state index is 13.4. The van der Waals surface area contributed by atoms with E-state index in [0.717, 1.165) is 27.8 Å². The maximum Gasteiger partial charge on any atom is 0.248 e. The van der Waals surface area contributed by atoms with Gasteiger partial charge in [-0.25, -0.2) is 4.39 Å². The number of halogens is 1. The lowest BCUT2D eigenvalue weighted by Gasteiger charge is -2.11. The molecule has 1 aromatic heterocycles. The molecule has 5 nitrogen and oxygen atoms in total. The molecule has 184 valence electrons. The van der Waals surface area contributed by atoms with Gasteiger partial charge in [0.1, 0.15) is 28.6 Å². The highest BCUT2D eigenvalue weighted by atomic mass is 19.1. The van der Waals surface area contributed by atoms with Crippen molar-refractivity contribution in [2.24, 2.45) is 0 Å². The standard InChI is InChI=1S/C31H24FNO4/c1-20(16-31(34)33-23-12-14-25(15-13-23)37-24-6-4-3-5-7-24)26-17-27-28(21-8-10-22(32)11-9-21)19-36-30(27)18-29(26)35-2/h3-19H,1-2H3,(H,33,34)/b20-16+. The summed E-state index contributed by atoms with van der Waals surface area (Å²) in [6.45, 7) is 1.84. The number of fused-ring (bicyclic) bond motifs is 1. The van der Waals surface area contributed by atoms with Gasteiger partial charge in [0.25, 0.3) is 0 Å². The highest BCUT2D eigenvalue weighted by Gasteiger charge is 2.15. The number of ether oxygens (including phenoxy) is 2. The summed E-state index contributed by atoms with van der Waals surface area (Å²) in [5.74, 6) is 1.41. The summed E-state index contributed by atoms with van der Waals surface area (Å²) >= 11 is 0. The Labute approximate surface area is 213 Å². The highest BCUT2D eigenvalue weighted by Crippen LogP contribution is 2.37. The summed E-state index contributed by atoms with van der Waals surface area (Å²) in [5.41, 5.74) is 4.40. The van der Waals surface area contributed by atoms with Crippen molar-refractivity contribution in [3.63, 3.8) is 0 Å². The first-order chi connectivity index (χ1) is 18.0. The molecular formula is C31H24FNO4. The van der Waals surface area contributed by atoms with Crippen LogP contribution in [0.3, 0.4) is 0 Å². The third-order valence-electron chi connectivity index (χ3n) is 5.92. The number of carbonyl (C=O) groups excluding carboxylic acids is 1. The van der Waals surface area contributed by atoms with E-state index in [1.54, 1.807) is 55.8 Å². The fourth-order valence-electron chi connectivity index (χ4n) is 4.07. The molecule has 5 aromatic rings. The number of allylic oxidation sites excluding steroid dienone is 1. The van der Waals surface area contributed by atoms with E-state index in [1.165, 1.54) is 18.2 Å². The first kappa shape index (κ1) is 23.9.